The van der Waals surface area contributed by atoms with E-state index in [1.807, 2.05) is 24.3 Å². The lowest BCUT2D eigenvalue weighted by molar-refractivity contribution is -0.905. The van der Waals surface area contributed by atoms with Crippen LogP contribution in [0.4, 0.5) is 10.5 Å². The summed E-state index contributed by atoms with van der Waals surface area (Å²) in [6, 6.07) is 7.51. The number of hydrogen-bond donors (Lipinski definition) is 2. The van der Waals surface area contributed by atoms with Gasteiger partial charge < -0.3 is 26.8 Å². The molecule has 0 aromatic heterocycles. The van der Waals surface area contributed by atoms with E-state index in [4.69, 9.17) is 9.47 Å². The van der Waals surface area contributed by atoms with Crippen molar-refractivity contribution < 1.29 is 31.6 Å². The fraction of sp³-hybridized carbons (Fsp3) is 0.650. The van der Waals surface area contributed by atoms with Gasteiger partial charge in [0.2, 0.25) is 0 Å². The minimum atomic E-state index is -0.404. The van der Waals surface area contributed by atoms with Crippen LogP contribution in [0.15, 0.2) is 24.3 Å². The minimum absolute atomic E-state index is 0. The van der Waals surface area contributed by atoms with Crippen LogP contribution < -0.4 is 27.4 Å². The fourth-order valence-corrected chi connectivity index (χ4v) is 3.16. The highest BCUT2D eigenvalue weighted by Crippen LogP contribution is 2.24. The van der Waals surface area contributed by atoms with E-state index in [9.17, 15) is 4.79 Å². The van der Waals surface area contributed by atoms with Crippen LogP contribution in [0.2, 0.25) is 0 Å². The highest BCUT2D eigenvalue weighted by atomic mass is 35.5. The summed E-state index contributed by atoms with van der Waals surface area (Å²) in [6.07, 6.45) is 7.86. The van der Waals surface area contributed by atoms with Crippen LogP contribution in [-0.4, -0.2) is 38.9 Å². The number of rotatable bonds is 10. The Bertz CT molecular complexity index is 508. The summed E-state index contributed by atoms with van der Waals surface area (Å²) < 4.78 is 11.1. The lowest BCUT2D eigenvalue weighted by atomic mass is 10.1. The second-order valence-corrected chi connectivity index (χ2v) is 6.73. The third kappa shape index (κ3) is 8.77. The number of ether oxygens (including phenoxy) is 2. The number of anilines is 1. The number of halogens is 1. The molecule has 0 unspecified atom stereocenters. The molecule has 1 heterocycles. The van der Waals surface area contributed by atoms with E-state index < -0.39 is 6.09 Å². The van der Waals surface area contributed by atoms with Gasteiger partial charge >= 0.3 is 6.09 Å². The monoisotopic (exact) mass is 384 g/mol. The standard InChI is InChI=1S/C20H32N2O3.ClH/c1-2-3-9-16-24-19-12-6-5-11-18(19)21-20(23)25-17-10-15-22-13-7-4-8-14-22;/h5-6,11-12H,2-4,7-10,13-17H2,1H3,(H,21,23);1H. The van der Waals surface area contributed by atoms with Gasteiger partial charge in [-0.3, -0.25) is 5.32 Å². The van der Waals surface area contributed by atoms with Crippen molar-refractivity contribution in [3.63, 3.8) is 0 Å². The van der Waals surface area contributed by atoms with Crippen molar-refractivity contribution in [2.45, 2.75) is 51.9 Å². The number of benzene rings is 1. The first-order valence-electron chi connectivity index (χ1n) is 9.78. The lowest BCUT2D eigenvalue weighted by Crippen LogP contribution is -3.12. The van der Waals surface area contributed by atoms with Crippen molar-refractivity contribution in [2.75, 3.05) is 38.2 Å². The molecule has 148 valence electrons. The van der Waals surface area contributed by atoms with E-state index in [2.05, 4.69) is 12.2 Å². The molecule has 2 rings (SSSR count). The zero-order chi connectivity index (χ0) is 17.7. The third-order valence-corrected chi connectivity index (χ3v) is 4.60. The molecule has 0 radical (unpaired) electrons. The second kappa shape index (κ2) is 13.7. The molecule has 0 saturated carbocycles. The number of unbranched alkanes of at least 4 members (excludes halogenated alkanes) is 2. The van der Waals surface area contributed by atoms with Crippen molar-refractivity contribution in [1.29, 1.82) is 0 Å². The molecule has 1 amide bonds. The van der Waals surface area contributed by atoms with E-state index in [0.29, 0.717) is 24.7 Å². The average Bonchev–Trinajstić information content (AvgIpc) is 2.64. The summed E-state index contributed by atoms with van der Waals surface area (Å²) in [4.78, 5) is 13.6. The molecule has 0 bridgehead atoms. The third-order valence-electron chi connectivity index (χ3n) is 4.60. The number of nitrogens with one attached hydrogen (secondary N) is 2. The maximum atomic E-state index is 12.0. The van der Waals surface area contributed by atoms with Crippen LogP contribution in [0.25, 0.3) is 0 Å². The number of piperidine rings is 1. The first-order valence-corrected chi connectivity index (χ1v) is 9.78. The minimum Gasteiger partial charge on any atom is -1.00 e. The van der Waals surface area contributed by atoms with Gasteiger partial charge in [0.15, 0.2) is 0 Å². The number of hydrogen-bond acceptors (Lipinski definition) is 3. The molecule has 0 spiro atoms. The molecular formula is C20H33ClN2O3. The summed E-state index contributed by atoms with van der Waals surface area (Å²) >= 11 is 0. The van der Waals surface area contributed by atoms with Gasteiger partial charge in [0.1, 0.15) is 5.75 Å². The topological polar surface area (TPSA) is 52.0 Å². The molecule has 2 N–H and O–H groups in total. The Balaban J connectivity index is 0.00000338. The van der Waals surface area contributed by atoms with Crippen LogP contribution in [0, 0.1) is 0 Å². The molecule has 1 aliphatic rings. The van der Waals surface area contributed by atoms with Crippen molar-refractivity contribution in [1.82, 2.24) is 0 Å². The van der Waals surface area contributed by atoms with Gasteiger partial charge in [-0.15, -0.1) is 0 Å². The number of amides is 1. The number of carbonyl (C=O) groups is 1. The van der Waals surface area contributed by atoms with Crippen LogP contribution in [0.3, 0.4) is 0 Å². The summed E-state index contributed by atoms with van der Waals surface area (Å²) in [7, 11) is 0. The van der Waals surface area contributed by atoms with E-state index in [1.165, 1.54) is 32.4 Å². The number of quaternary nitrogens is 1. The summed E-state index contributed by atoms with van der Waals surface area (Å²) in [6.45, 7) is 6.90. The first-order chi connectivity index (χ1) is 12.3. The lowest BCUT2D eigenvalue weighted by Gasteiger charge is -2.23. The van der Waals surface area contributed by atoms with Gasteiger partial charge in [0.05, 0.1) is 38.5 Å². The Kier molecular flexibility index (Phi) is 11.9. The fourth-order valence-electron chi connectivity index (χ4n) is 3.16. The van der Waals surface area contributed by atoms with Crippen molar-refractivity contribution >= 4 is 11.8 Å². The van der Waals surface area contributed by atoms with Gasteiger partial charge in [-0.1, -0.05) is 31.9 Å². The van der Waals surface area contributed by atoms with Gasteiger partial charge in [-0.05, 0) is 37.8 Å². The SMILES string of the molecule is CCCCCOc1ccccc1NC(=O)OCCC[NH+]1CCCCC1.[Cl-]. The Morgan fingerprint density at radius 1 is 1.08 bits per heavy atom. The molecule has 1 aromatic carbocycles. The van der Waals surface area contributed by atoms with Crippen LogP contribution in [-0.2, 0) is 4.74 Å². The maximum Gasteiger partial charge on any atom is 0.411 e. The number of likely N-dealkylation sites (tertiary alicyclic amines) is 1. The van der Waals surface area contributed by atoms with Crippen molar-refractivity contribution in [3.05, 3.63) is 24.3 Å². The van der Waals surface area contributed by atoms with Gasteiger partial charge in [0.25, 0.3) is 0 Å². The molecular weight excluding hydrogens is 352 g/mol. The van der Waals surface area contributed by atoms with Crippen LogP contribution in [0.1, 0.15) is 51.9 Å². The molecule has 1 saturated heterocycles. The summed E-state index contributed by atoms with van der Waals surface area (Å²) in [5, 5.41) is 2.80. The maximum absolute atomic E-state index is 12.0. The quantitative estimate of drug-likeness (QED) is 0.569. The van der Waals surface area contributed by atoms with Gasteiger partial charge in [-0.25, -0.2) is 4.79 Å². The van der Waals surface area contributed by atoms with Crippen molar-refractivity contribution in [3.8, 4) is 5.75 Å². The Morgan fingerprint density at radius 3 is 2.62 bits per heavy atom. The predicted octanol–water partition coefficient (Wildman–Crippen LogP) is 0.267. The smallest absolute Gasteiger partial charge is 0.411 e. The first kappa shape index (κ1) is 22.6. The highest BCUT2D eigenvalue weighted by Gasteiger charge is 2.13. The summed E-state index contributed by atoms with van der Waals surface area (Å²) in [5.74, 6) is 0.702. The van der Waals surface area contributed by atoms with E-state index in [-0.39, 0.29) is 12.4 Å². The Labute approximate surface area is 163 Å². The molecule has 0 atom stereocenters. The van der Waals surface area contributed by atoms with Crippen molar-refractivity contribution in [2.24, 2.45) is 0 Å². The molecule has 26 heavy (non-hydrogen) atoms. The zero-order valence-corrected chi connectivity index (χ0v) is 16.7. The average molecular weight is 385 g/mol. The van der Waals surface area contributed by atoms with Gasteiger partial charge in [0, 0.05) is 6.42 Å². The predicted molar refractivity (Wildman–Crippen MR) is 100 cm³/mol. The van der Waals surface area contributed by atoms with Gasteiger partial charge in [-0.2, -0.15) is 0 Å². The zero-order valence-electron chi connectivity index (χ0n) is 15.9. The molecule has 5 nitrogen and oxygen atoms in total. The molecule has 1 aliphatic heterocycles. The van der Waals surface area contributed by atoms with E-state index >= 15 is 0 Å². The Morgan fingerprint density at radius 2 is 1.85 bits per heavy atom. The molecule has 1 aromatic rings. The highest BCUT2D eigenvalue weighted by molar-refractivity contribution is 5.86. The molecule has 0 aliphatic carbocycles. The molecule has 6 heteroatoms. The second-order valence-electron chi connectivity index (χ2n) is 6.73. The summed E-state index contributed by atoms with van der Waals surface area (Å²) in [5.41, 5.74) is 0.672. The van der Waals surface area contributed by atoms with Crippen LogP contribution >= 0.6 is 0 Å². The van der Waals surface area contributed by atoms with E-state index in [0.717, 1.165) is 32.2 Å². The Hall–Kier alpha value is -1.46. The number of para-hydroxylation sites is 2. The largest absolute Gasteiger partial charge is 1.00 e. The number of carbonyl (C=O) groups excluding carboxylic acids is 1. The molecule has 1 fully saturated rings. The normalized spacial score (nSPS) is 14.3. The van der Waals surface area contributed by atoms with Crippen LogP contribution in [0.5, 0.6) is 5.75 Å². The van der Waals surface area contributed by atoms with E-state index in [1.54, 1.807) is 4.90 Å².